The molecule has 6 heteroatoms. The quantitative estimate of drug-likeness (QED) is 0.563. The molecule has 3 rings (SSSR count). The lowest BCUT2D eigenvalue weighted by atomic mass is 10.1. The van der Waals surface area contributed by atoms with Crippen molar-refractivity contribution in [3.05, 3.63) is 54.0 Å². The van der Waals surface area contributed by atoms with Gasteiger partial charge in [-0.1, -0.05) is 18.2 Å². The van der Waals surface area contributed by atoms with E-state index in [-0.39, 0.29) is 5.91 Å². The van der Waals surface area contributed by atoms with E-state index in [9.17, 15) is 4.79 Å². The maximum absolute atomic E-state index is 12.0. The van der Waals surface area contributed by atoms with Gasteiger partial charge in [-0.05, 0) is 24.1 Å². The Bertz CT molecular complexity index is 731. The van der Waals surface area contributed by atoms with Gasteiger partial charge in [0.1, 0.15) is 0 Å². The summed E-state index contributed by atoms with van der Waals surface area (Å²) in [5.74, 6) is -0.171. The minimum absolute atomic E-state index is 0.171. The van der Waals surface area contributed by atoms with Crippen LogP contribution in [0.2, 0.25) is 0 Å². The summed E-state index contributed by atoms with van der Waals surface area (Å²) < 4.78 is 0. The van der Waals surface area contributed by atoms with Crippen molar-refractivity contribution in [2.75, 3.05) is 0 Å². The van der Waals surface area contributed by atoms with Crippen LogP contribution in [0.5, 0.6) is 0 Å². The molecular weight excluding hydrogens is 266 g/mol. The molecule has 0 saturated heterocycles. The van der Waals surface area contributed by atoms with Gasteiger partial charge < -0.3 is 16.0 Å². The average Bonchev–Trinajstić information content (AvgIpc) is 3.15. The first-order valence-electron chi connectivity index (χ1n) is 6.80. The summed E-state index contributed by atoms with van der Waals surface area (Å²) in [5, 5.41) is 10.5. The van der Waals surface area contributed by atoms with Crippen LogP contribution in [-0.2, 0) is 17.8 Å². The molecule has 6 nitrogen and oxygen atoms in total. The topological polar surface area (TPSA) is 99.6 Å². The van der Waals surface area contributed by atoms with E-state index in [1.807, 2.05) is 36.5 Å². The normalized spacial score (nSPS) is 12.4. The molecule has 0 aliphatic carbocycles. The average molecular weight is 283 g/mol. The Kier molecular flexibility index (Phi) is 3.70. The smallest absolute Gasteiger partial charge is 0.237 e. The second-order valence-electron chi connectivity index (χ2n) is 4.97. The second-order valence-corrected chi connectivity index (χ2v) is 4.97. The van der Waals surface area contributed by atoms with Crippen molar-refractivity contribution in [2.24, 2.45) is 5.73 Å². The lowest BCUT2D eigenvalue weighted by Gasteiger charge is -2.11. The number of H-pyrrole nitrogens is 2. The molecule has 0 aliphatic heterocycles. The maximum Gasteiger partial charge on any atom is 0.237 e. The molecule has 0 radical (unpaired) electrons. The van der Waals surface area contributed by atoms with Gasteiger partial charge in [-0.25, -0.2) is 0 Å². The Labute approximate surface area is 121 Å². The predicted molar refractivity (Wildman–Crippen MR) is 80.4 cm³/mol. The number of aromatic nitrogens is 3. The molecule has 108 valence electrons. The Morgan fingerprint density at radius 2 is 2.19 bits per heavy atom. The first kappa shape index (κ1) is 13.4. The van der Waals surface area contributed by atoms with Crippen LogP contribution in [0, 0.1) is 0 Å². The molecule has 0 unspecified atom stereocenters. The van der Waals surface area contributed by atoms with Gasteiger partial charge in [0.2, 0.25) is 5.91 Å². The molecule has 0 saturated carbocycles. The molecule has 2 aromatic heterocycles. The van der Waals surface area contributed by atoms with E-state index < -0.39 is 6.04 Å². The third kappa shape index (κ3) is 2.95. The van der Waals surface area contributed by atoms with Crippen molar-refractivity contribution in [3.63, 3.8) is 0 Å². The third-order valence-electron chi connectivity index (χ3n) is 3.46. The van der Waals surface area contributed by atoms with E-state index in [1.165, 1.54) is 0 Å². The van der Waals surface area contributed by atoms with Crippen molar-refractivity contribution < 1.29 is 4.79 Å². The Morgan fingerprint density at radius 3 is 3.00 bits per heavy atom. The highest BCUT2D eigenvalue weighted by Gasteiger charge is 2.16. The van der Waals surface area contributed by atoms with Gasteiger partial charge >= 0.3 is 0 Å². The number of para-hydroxylation sites is 1. The third-order valence-corrected chi connectivity index (χ3v) is 3.46. The molecule has 0 bridgehead atoms. The monoisotopic (exact) mass is 283 g/mol. The summed E-state index contributed by atoms with van der Waals surface area (Å²) in [7, 11) is 0. The van der Waals surface area contributed by atoms with Crippen LogP contribution in [0.3, 0.4) is 0 Å². The van der Waals surface area contributed by atoms with Crippen molar-refractivity contribution in [2.45, 2.75) is 19.0 Å². The molecule has 3 aromatic rings. The van der Waals surface area contributed by atoms with E-state index in [0.29, 0.717) is 13.0 Å². The molecule has 21 heavy (non-hydrogen) atoms. The molecule has 1 amide bonds. The van der Waals surface area contributed by atoms with Crippen LogP contribution in [0.1, 0.15) is 11.3 Å². The van der Waals surface area contributed by atoms with Crippen LogP contribution in [0.25, 0.3) is 10.9 Å². The van der Waals surface area contributed by atoms with E-state index in [2.05, 4.69) is 20.5 Å². The zero-order valence-electron chi connectivity index (χ0n) is 11.5. The number of carbonyl (C=O) groups excluding carboxylic acids is 1. The van der Waals surface area contributed by atoms with E-state index in [4.69, 9.17) is 5.73 Å². The minimum atomic E-state index is -0.577. The zero-order chi connectivity index (χ0) is 14.7. The fraction of sp³-hybridized carbons (Fsp3) is 0.200. The van der Waals surface area contributed by atoms with Crippen LogP contribution in [0.4, 0.5) is 0 Å². The summed E-state index contributed by atoms with van der Waals surface area (Å²) >= 11 is 0. The molecule has 0 aliphatic rings. The number of amides is 1. The van der Waals surface area contributed by atoms with E-state index in [0.717, 1.165) is 22.2 Å². The Hall–Kier alpha value is -2.60. The highest BCUT2D eigenvalue weighted by Crippen LogP contribution is 2.18. The Balaban J connectivity index is 1.62. The minimum Gasteiger partial charge on any atom is -0.361 e. The lowest BCUT2D eigenvalue weighted by molar-refractivity contribution is -0.122. The fourth-order valence-electron chi connectivity index (χ4n) is 2.33. The molecule has 0 spiro atoms. The highest BCUT2D eigenvalue weighted by atomic mass is 16.2. The van der Waals surface area contributed by atoms with Crippen LogP contribution in [0.15, 0.2) is 42.7 Å². The number of nitrogens with one attached hydrogen (secondary N) is 3. The number of carbonyl (C=O) groups is 1. The van der Waals surface area contributed by atoms with Crippen molar-refractivity contribution in [3.8, 4) is 0 Å². The van der Waals surface area contributed by atoms with Gasteiger partial charge in [-0.2, -0.15) is 5.10 Å². The summed E-state index contributed by atoms with van der Waals surface area (Å²) in [6.45, 7) is 0.403. The molecule has 2 heterocycles. The van der Waals surface area contributed by atoms with E-state index >= 15 is 0 Å². The maximum atomic E-state index is 12.0. The van der Waals surface area contributed by atoms with Gasteiger partial charge in [0.25, 0.3) is 0 Å². The molecule has 5 N–H and O–H groups in total. The van der Waals surface area contributed by atoms with Crippen LogP contribution < -0.4 is 11.1 Å². The first-order chi connectivity index (χ1) is 10.2. The number of nitrogens with zero attached hydrogens (tertiary/aromatic N) is 1. The molecule has 1 atom stereocenters. The highest BCUT2D eigenvalue weighted by molar-refractivity contribution is 5.86. The largest absolute Gasteiger partial charge is 0.361 e. The first-order valence-corrected chi connectivity index (χ1v) is 6.80. The van der Waals surface area contributed by atoms with Gasteiger partial charge in [-0.3, -0.25) is 9.89 Å². The second kappa shape index (κ2) is 5.80. The predicted octanol–water partition coefficient (Wildman–Crippen LogP) is 1.08. The van der Waals surface area contributed by atoms with E-state index in [1.54, 1.807) is 6.20 Å². The number of aromatic amines is 2. The number of nitrogens with two attached hydrogens (primary N) is 1. The van der Waals surface area contributed by atoms with Gasteiger partial charge in [0.05, 0.1) is 18.3 Å². The van der Waals surface area contributed by atoms with Crippen molar-refractivity contribution in [1.29, 1.82) is 0 Å². The van der Waals surface area contributed by atoms with Gasteiger partial charge in [0, 0.05) is 23.3 Å². The lowest BCUT2D eigenvalue weighted by Crippen LogP contribution is -2.41. The van der Waals surface area contributed by atoms with Crippen molar-refractivity contribution >= 4 is 16.8 Å². The van der Waals surface area contributed by atoms with Crippen LogP contribution >= 0.6 is 0 Å². The molecule has 0 fully saturated rings. The van der Waals surface area contributed by atoms with Gasteiger partial charge in [-0.15, -0.1) is 0 Å². The summed E-state index contributed by atoms with van der Waals surface area (Å²) in [5.41, 5.74) is 8.94. The SMILES string of the molecule is N[C@H](Cc1c[nH]c2ccccc12)C(=O)NCc1ccn[nH]1. The van der Waals surface area contributed by atoms with Crippen LogP contribution in [-0.4, -0.2) is 27.1 Å². The zero-order valence-corrected chi connectivity index (χ0v) is 11.5. The summed E-state index contributed by atoms with van der Waals surface area (Å²) in [6.07, 6.45) is 4.05. The van der Waals surface area contributed by atoms with Crippen molar-refractivity contribution in [1.82, 2.24) is 20.5 Å². The fourth-order valence-corrected chi connectivity index (χ4v) is 2.33. The number of rotatable bonds is 5. The Morgan fingerprint density at radius 1 is 1.33 bits per heavy atom. The summed E-state index contributed by atoms with van der Waals surface area (Å²) in [6, 6.07) is 9.21. The summed E-state index contributed by atoms with van der Waals surface area (Å²) in [4.78, 5) is 15.2. The number of fused-ring (bicyclic) bond motifs is 1. The van der Waals surface area contributed by atoms with Gasteiger partial charge in [0.15, 0.2) is 0 Å². The standard InChI is InChI=1S/C15H17N5O/c16-13(15(21)18-9-11-5-6-19-20-11)7-10-8-17-14-4-2-1-3-12(10)14/h1-6,8,13,17H,7,9,16H2,(H,18,21)(H,19,20)/t13-/m1/s1. The molecule has 1 aromatic carbocycles. The number of hydrogen-bond acceptors (Lipinski definition) is 3. The number of benzene rings is 1. The molecular formula is C15H17N5O. The number of hydrogen-bond donors (Lipinski definition) is 4.